The van der Waals surface area contributed by atoms with Gasteiger partial charge in [0.05, 0.1) is 11.3 Å². The van der Waals surface area contributed by atoms with Crippen molar-refractivity contribution in [3.8, 4) is 0 Å². The van der Waals surface area contributed by atoms with Crippen LogP contribution in [0.5, 0.6) is 0 Å². The van der Waals surface area contributed by atoms with Crippen LogP contribution in [-0.4, -0.2) is 5.91 Å². The molecule has 2 rings (SSSR count). The van der Waals surface area contributed by atoms with Crippen molar-refractivity contribution in [2.45, 2.75) is 6.18 Å². The predicted molar refractivity (Wildman–Crippen MR) is 65.8 cm³/mol. The molecule has 2 aromatic carbocycles. The van der Waals surface area contributed by atoms with E-state index < -0.39 is 23.5 Å². The molecule has 2 aromatic rings. The third kappa shape index (κ3) is 3.14. The average molecular weight is 283 g/mol. The van der Waals surface area contributed by atoms with E-state index in [9.17, 15) is 22.4 Å². The van der Waals surface area contributed by atoms with E-state index in [1.165, 1.54) is 24.3 Å². The van der Waals surface area contributed by atoms with Gasteiger partial charge < -0.3 is 5.32 Å². The smallest absolute Gasteiger partial charge is 0.319 e. The number of carbonyl (C=O) groups is 1. The van der Waals surface area contributed by atoms with Crippen LogP contribution in [0.4, 0.5) is 23.2 Å². The van der Waals surface area contributed by atoms with Crippen LogP contribution in [0.1, 0.15) is 15.9 Å². The zero-order valence-electron chi connectivity index (χ0n) is 10.0. The highest BCUT2D eigenvalue weighted by Crippen LogP contribution is 2.29. The van der Waals surface area contributed by atoms with Crippen LogP contribution < -0.4 is 5.32 Å². The van der Waals surface area contributed by atoms with Gasteiger partial charge in [0.1, 0.15) is 5.82 Å². The van der Waals surface area contributed by atoms with Crippen molar-refractivity contribution >= 4 is 11.6 Å². The van der Waals surface area contributed by atoms with E-state index in [1.807, 2.05) is 0 Å². The van der Waals surface area contributed by atoms with Gasteiger partial charge in [-0.2, -0.15) is 13.2 Å². The minimum Gasteiger partial charge on any atom is -0.319 e. The highest BCUT2D eigenvalue weighted by Gasteiger charge is 2.30. The molecule has 104 valence electrons. The third-order valence-electron chi connectivity index (χ3n) is 2.57. The molecular weight excluding hydrogens is 274 g/mol. The van der Waals surface area contributed by atoms with Crippen LogP contribution >= 0.6 is 0 Å². The molecule has 0 saturated heterocycles. The Labute approximate surface area is 112 Å². The fraction of sp³-hybridized carbons (Fsp3) is 0.0714. The summed E-state index contributed by atoms with van der Waals surface area (Å²) in [6.07, 6.45) is -4.53. The van der Waals surface area contributed by atoms with Gasteiger partial charge in [0.25, 0.3) is 5.91 Å². The number of hydrogen-bond donors (Lipinski definition) is 1. The molecule has 2 nitrogen and oxygen atoms in total. The Hall–Kier alpha value is -2.37. The zero-order valence-corrected chi connectivity index (χ0v) is 10.0. The normalized spacial score (nSPS) is 11.2. The van der Waals surface area contributed by atoms with Crippen LogP contribution in [0.3, 0.4) is 0 Å². The topological polar surface area (TPSA) is 29.1 Å². The lowest BCUT2D eigenvalue weighted by atomic mass is 10.1. The van der Waals surface area contributed by atoms with Crippen molar-refractivity contribution in [3.63, 3.8) is 0 Å². The van der Waals surface area contributed by atoms with E-state index in [0.29, 0.717) is 0 Å². The summed E-state index contributed by atoms with van der Waals surface area (Å²) in [4.78, 5) is 11.8. The second kappa shape index (κ2) is 5.32. The molecule has 0 aliphatic rings. The van der Waals surface area contributed by atoms with Crippen molar-refractivity contribution < 1.29 is 22.4 Å². The molecule has 0 saturated carbocycles. The second-order valence-corrected chi connectivity index (χ2v) is 4.01. The van der Waals surface area contributed by atoms with Crippen molar-refractivity contribution in [3.05, 3.63) is 65.5 Å². The molecule has 1 N–H and O–H groups in total. The van der Waals surface area contributed by atoms with Gasteiger partial charge >= 0.3 is 6.18 Å². The number of hydrogen-bond acceptors (Lipinski definition) is 1. The highest BCUT2D eigenvalue weighted by atomic mass is 19.4. The highest BCUT2D eigenvalue weighted by molar-refractivity contribution is 6.04. The molecule has 0 aliphatic heterocycles. The Morgan fingerprint density at radius 3 is 2.35 bits per heavy atom. The van der Waals surface area contributed by atoms with Gasteiger partial charge in [-0.15, -0.1) is 0 Å². The average Bonchev–Trinajstić information content (AvgIpc) is 2.40. The second-order valence-electron chi connectivity index (χ2n) is 4.01. The number of benzene rings is 2. The maximum absolute atomic E-state index is 13.3. The number of amides is 1. The largest absolute Gasteiger partial charge is 0.416 e. The Morgan fingerprint density at radius 2 is 1.70 bits per heavy atom. The summed E-state index contributed by atoms with van der Waals surface area (Å²) in [6, 6.07) is 9.34. The Morgan fingerprint density at radius 1 is 1.00 bits per heavy atom. The lowest BCUT2D eigenvalue weighted by molar-refractivity contribution is -0.137. The molecule has 0 bridgehead atoms. The Balaban J connectivity index is 2.24. The lowest BCUT2D eigenvalue weighted by Gasteiger charge is -2.09. The molecular formula is C14H9F4NO. The molecule has 20 heavy (non-hydrogen) atoms. The summed E-state index contributed by atoms with van der Waals surface area (Å²) < 4.78 is 50.9. The molecule has 0 aromatic heterocycles. The van der Waals surface area contributed by atoms with E-state index in [2.05, 4.69) is 5.32 Å². The van der Waals surface area contributed by atoms with Gasteiger partial charge in [0.15, 0.2) is 0 Å². The molecule has 0 unspecified atom stereocenters. The predicted octanol–water partition coefficient (Wildman–Crippen LogP) is 4.10. The van der Waals surface area contributed by atoms with Crippen LogP contribution in [0.15, 0.2) is 48.5 Å². The van der Waals surface area contributed by atoms with Crippen molar-refractivity contribution in [2.24, 2.45) is 0 Å². The maximum atomic E-state index is 13.3. The summed E-state index contributed by atoms with van der Waals surface area (Å²) in [6.45, 7) is 0. The molecule has 0 heterocycles. The number of rotatable bonds is 2. The van der Waals surface area contributed by atoms with E-state index in [4.69, 9.17) is 0 Å². The summed E-state index contributed by atoms with van der Waals surface area (Å²) in [5, 5.41) is 2.22. The van der Waals surface area contributed by atoms with Gasteiger partial charge in [0, 0.05) is 5.56 Å². The first-order valence-electron chi connectivity index (χ1n) is 5.61. The quantitative estimate of drug-likeness (QED) is 0.826. The van der Waals surface area contributed by atoms with Crippen molar-refractivity contribution in [2.75, 3.05) is 5.32 Å². The monoisotopic (exact) mass is 283 g/mol. The van der Waals surface area contributed by atoms with Crippen LogP contribution in [0, 0.1) is 5.82 Å². The number of anilines is 1. The zero-order chi connectivity index (χ0) is 14.8. The molecule has 0 fully saturated rings. The minimum atomic E-state index is -4.53. The Bertz CT molecular complexity index is 637. The molecule has 6 heteroatoms. The van der Waals surface area contributed by atoms with Gasteiger partial charge in [-0.3, -0.25) is 4.79 Å². The van der Waals surface area contributed by atoms with Crippen molar-refractivity contribution in [1.29, 1.82) is 0 Å². The number of halogens is 4. The minimum absolute atomic E-state index is 0.0880. The molecule has 0 atom stereocenters. The van der Waals surface area contributed by atoms with E-state index >= 15 is 0 Å². The summed E-state index contributed by atoms with van der Waals surface area (Å²) in [7, 11) is 0. The fourth-order valence-electron chi connectivity index (χ4n) is 1.59. The third-order valence-corrected chi connectivity index (χ3v) is 2.57. The maximum Gasteiger partial charge on any atom is 0.416 e. The first-order valence-corrected chi connectivity index (χ1v) is 5.61. The fourth-order valence-corrected chi connectivity index (χ4v) is 1.59. The SMILES string of the molecule is O=C(Nc1ccccc1F)c1cccc(C(F)(F)F)c1. The van der Waals surface area contributed by atoms with Gasteiger partial charge in [0.2, 0.25) is 0 Å². The van der Waals surface area contributed by atoms with Gasteiger partial charge in [-0.1, -0.05) is 18.2 Å². The van der Waals surface area contributed by atoms with Gasteiger partial charge in [-0.25, -0.2) is 4.39 Å². The standard InChI is InChI=1S/C14H9F4NO/c15-11-6-1-2-7-12(11)19-13(20)9-4-3-5-10(8-9)14(16,17)18/h1-8H,(H,19,20). The summed E-state index contributed by atoms with van der Waals surface area (Å²) in [5.74, 6) is -1.46. The van der Waals surface area contributed by atoms with E-state index in [1.54, 1.807) is 0 Å². The summed E-state index contributed by atoms with van der Waals surface area (Å²) >= 11 is 0. The first-order chi connectivity index (χ1) is 9.38. The van der Waals surface area contributed by atoms with Crippen LogP contribution in [-0.2, 0) is 6.18 Å². The Kier molecular flexibility index (Phi) is 3.74. The van der Waals surface area contributed by atoms with E-state index in [0.717, 1.165) is 24.3 Å². The van der Waals surface area contributed by atoms with Crippen molar-refractivity contribution in [1.82, 2.24) is 0 Å². The first kappa shape index (κ1) is 14.0. The molecule has 0 spiro atoms. The number of nitrogens with one attached hydrogen (secondary N) is 1. The molecule has 0 aliphatic carbocycles. The summed E-state index contributed by atoms with van der Waals surface area (Å²) in [5.41, 5.74) is -1.21. The van der Waals surface area contributed by atoms with Crippen LogP contribution in [0.2, 0.25) is 0 Å². The van der Waals surface area contributed by atoms with Gasteiger partial charge in [-0.05, 0) is 30.3 Å². The lowest BCUT2D eigenvalue weighted by Crippen LogP contribution is -2.14. The number of para-hydroxylation sites is 1. The molecule has 0 radical (unpaired) electrons. The van der Waals surface area contributed by atoms with Crippen LogP contribution in [0.25, 0.3) is 0 Å². The van der Waals surface area contributed by atoms with E-state index in [-0.39, 0.29) is 11.3 Å². The number of carbonyl (C=O) groups excluding carboxylic acids is 1. The number of alkyl halides is 3. The molecule has 1 amide bonds.